The van der Waals surface area contributed by atoms with Crippen molar-refractivity contribution in [1.82, 2.24) is 4.90 Å². The summed E-state index contributed by atoms with van der Waals surface area (Å²) >= 11 is 0. The molecular weight excluding hydrogens is 238 g/mol. The summed E-state index contributed by atoms with van der Waals surface area (Å²) in [7, 11) is 0. The van der Waals surface area contributed by atoms with E-state index in [0.29, 0.717) is 12.8 Å². The largest absolute Gasteiger partial charge is 0.479 e. The third-order valence-electron chi connectivity index (χ3n) is 3.63. The zero-order chi connectivity index (χ0) is 13.7. The van der Waals surface area contributed by atoms with Crippen LogP contribution in [0.3, 0.4) is 0 Å². The maximum Gasteiger partial charge on any atom is 0.411 e. The maximum atomic E-state index is 12.1. The Morgan fingerprint density at radius 2 is 2.00 bits per heavy atom. The molecule has 2 aliphatic rings. The van der Waals surface area contributed by atoms with Crippen LogP contribution in [-0.2, 0) is 9.53 Å². The molecule has 3 atom stereocenters. The Morgan fingerprint density at radius 3 is 2.44 bits per heavy atom. The topological polar surface area (TPSA) is 87.1 Å². The molecule has 0 aliphatic carbocycles. The molecule has 6 heteroatoms. The fourth-order valence-corrected chi connectivity index (χ4v) is 2.92. The van der Waals surface area contributed by atoms with E-state index < -0.39 is 35.3 Å². The molecule has 2 bridgehead atoms. The second-order valence-electron chi connectivity index (χ2n) is 6.06. The van der Waals surface area contributed by atoms with Crippen LogP contribution < -0.4 is 0 Å². The SMILES string of the molecule is CC(C)(C)OC(=O)N1C2CCC1(C(=O)O)C[C@@H]2O. The Morgan fingerprint density at radius 1 is 1.39 bits per heavy atom. The first-order valence-corrected chi connectivity index (χ1v) is 6.11. The van der Waals surface area contributed by atoms with Gasteiger partial charge in [0.1, 0.15) is 11.1 Å². The third kappa shape index (κ3) is 1.84. The van der Waals surface area contributed by atoms with Crippen molar-refractivity contribution in [2.24, 2.45) is 0 Å². The van der Waals surface area contributed by atoms with Gasteiger partial charge in [-0.05, 0) is 33.6 Å². The van der Waals surface area contributed by atoms with Gasteiger partial charge >= 0.3 is 12.1 Å². The van der Waals surface area contributed by atoms with Crippen LogP contribution in [0.4, 0.5) is 4.79 Å². The van der Waals surface area contributed by atoms with Crippen LogP contribution >= 0.6 is 0 Å². The molecule has 0 aromatic rings. The number of ether oxygens (including phenoxy) is 1. The summed E-state index contributed by atoms with van der Waals surface area (Å²) in [5.74, 6) is -1.06. The molecule has 0 radical (unpaired) electrons. The lowest BCUT2D eigenvalue weighted by molar-refractivity contribution is -0.148. The number of carbonyl (C=O) groups is 2. The van der Waals surface area contributed by atoms with Gasteiger partial charge in [0.2, 0.25) is 0 Å². The molecule has 2 saturated heterocycles. The molecule has 0 saturated carbocycles. The minimum atomic E-state index is -1.29. The summed E-state index contributed by atoms with van der Waals surface area (Å²) in [4.78, 5) is 24.8. The van der Waals surface area contributed by atoms with Crippen LogP contribution in [0.5, 0.6) is 0 Å². The maximum absolute atomic E-state index is 12.1. The summed E-state index contributed by atoms with van der Waals surface area (Å²) in [5, 5.41) is 19.2. The molecule has 0 aromatic carbocycles. The number of aliphatic hydroxyl groups is 1. The van der Waals surface area contributed by atoms with Gasteiger partial charge in [-0.1, -0.05) is 0 Å². The molecule has 6 nitrogen and oxygen atoms in total. The summed E-state index contributed by atoms with van der Waals surface area (Å²) in [5.41, 5.74) is -1.96. The van der Waals surface area contributed by atoms with Crippen molar-refractivity contribution in [2.45, 2.75) is 63.3 Å². The highest BCUT2D eigenvalue weighted by Crippen LogP contribution is 2.47. The number of nitrogens with zero attached hydrogens (tertiary/aromatic N) is 1. The van der Waals surface area contributed by atoms with Crippen LogP contribution in [0.25, 0.3) is 0 Å². The van der Waals surface area contributed by atoms with E-state index in [1.54, 1.807) is 20.8 Å². The number of rotatable bonds is 1. The Bertz CT molecular complexity index is 388. The zero-order valence-corrected chi connectivity index (χ0v) is 10.8. The standard InChI is InChI=1S/C12H19NO5/c1-11(2,3)18-10(17)13-7-4-5-12(13,9(15)16)6-8(7)14/h7-8,14H,4-6H2,1-3H3,(H,15,16)/t7?,8-,12?/m0/s1. The van der Waals surface area contributed by atoms with Gasteiger partial charge in [0, 0.05) is 6.42 Å². The second-order valence-corrected chi connectivity index (χ2v) is 6.06. The number of carboxylic acid groups (broad SMARTS) is 1. The van der Waals surface area contributed by atoms with E-state index in [9.17, 15) is 19.8 Å². The van der Waals surface area contributed by atoms with E-state index in [-0.39, 0.29) is 6.42 Å². The molecule has 2 aliphatic heterocycles. The minimum absolute atomic E-state index is 0.0895. The Hall–Kier alpha value is -1.30. The monoisotopic (exact) mass is 257 g/mol. The predicted octanol–water partition coefficient (Wildman–Crippen LogP) is 0.974. The fourth-order valence-electron chi connectivity index (χ4n) is 2.92. The molecule has 0 spiro atoms. The molecule has 2 heterocycles. The predicted molar refractivity (Wildman–Crippen MR) is 62.1 cm³/mol. The molecule has 2 fully saturated rings. The van der Waals surface area contributed by atoms with Gasteiger partial charge in [0.15, 0.2) is 0 Å². The van der Waals surface area contributed by atoms with Crippen molar-refractivity contribution >= 4 is 12.1 Å². The molecule has 2 N–H and O–H groups in total. The molecule has 2 unspecified atom stereocenters. The van der Waals surface area contributed by atoms with E-state index in [4.69, 9.17) is 4.74 Å². The van der Waals surface area contributed by atoms with E-state index >= 15 is 0 Å². The Balaban J connectivity index is 2.27. The van der Waals surface area contributed by atoms with E-state index in [1.807, 2.05) is 0 Å². The smallest absolute Gasteiger partial charge is 0.411 e. The quantitative estimate of drug-likeness (QED) is 0.731. The summed E-state index contributed by atoms with van der Waals surface area (Å²) < 4.78 is 5.24. The number of aliphatic hydroxyl groups excluding tert-OH is 1. The van der Waals surface area contributed by atoms with Gasteiger partial charge in [-0.2, -0.15) is 0 Å². The molecule has 0 aromatic heterocycles. The minimum Gasteiger partial charge on any atom is -0.479 e. The normalized spacial score (nSPS) is 34.8. The number of fused-ring (bicyclic) bond motifs is 2. The van der Waals surface area contributed by atoms with E-state index in [0.717, 1.165) is 0 Å². The Kier molecular flexibility index (Phi) is 2.81. The number of aliphatic carboxylic acids is 1. The summed E-state index contributed by atoms with van der Waals surface area (Å²) in [6.45, 7) is 5.19. The fraction of sp³-hybridized carbons (Fsp3) is 0.833. The van der Waals surface area contributed by atoms with Gasteiger partial charge in [-0.25, -0.2) is 9.59 Å². The third-order valence-corrected chi connectivity index (χ3v) is 3.63. The van der Waals surface area contributed by atoms with Crippen molar-refractivity contribution in [3.05, 3.63) is 0 Å². The number of carbonyl (C=O) groups excluding carboxylic acids is 1. The average Bonchev–Trinajstić information content (AvgIpc) is 2.67. The lowest BCUT2D eigenvalue weighted by Gasteiger charge is -2.32. The number of hydrogen-bond acceptors (Lipinski definition) is 4. The van der Waals surface area contributed by atoms with Crippen LogP contribution in [-0.4, -0.2) is 50.5 Å². The van der Waals surface area contributed by atoms with Crippen molar-refractivity contribution in [3.8, 4) is 0 Å². The average molecular weight is 257 g/mol. The van der Waals surface area contributed by atoms with Gasteiger partial charge < -0.3 is 14.9 Å². The highest BCUT2D eigenvalue weighted by Gasteiger charge is 2.63. The number of carboxylic acids is 1. The van der Waals surface area contributed by atoms with Crippen LogP contribution in [0.1, 0.15) is 40.0 Å². The molecule has 2 rings (SSSR count). The van der Waals surface area contributed by atoms with Gasteiger partial charge in [0.05, 0.1) is 12.1 Å². The first-order valence-electron chi connectivity index (χ1n) is 6.11. The van der Waals surface area contributed by atoms with Gasteiger partial charge in [-0.15, -0.1) is 0 Å². The van der Waals surface area contributed by atoms with Gasteiger partial charge in [0.25, 0.3) is 0 Å². The summed E-state index contributed by atoms with van der Waals surface area (Å²) in [6, 6.07) is -0.434. The highest BCUT2D eigenvalue weighted by atomic mass is 16.6. The Labute approximate surface area is 106 Å². The number of hydrogen-bond donors (Lipinski definition) is 2. The van der Waals surface area contributed by atoms with Crippen LogP contribution in [0, 0.1) is 0 Å². The molecule has 1 amide bonds. The van der Waals surface area contributed by atoms with Crippen molar-refractivity contribution in [2.75, 3.05) is 0 Å². The van der Waals surface area contributed by atoms with Crippen LogP contribution in [0.2, 0.25) is 0 Å². The molecular formula is C12H19NO5. The van der Waals surface area contributed by atoms with Crippen LogP contribution in [0.15, 0.2) is 0 Å². The number of amides is 1. The summed E-state index contributed by atoms with van der Waals surface area (Å²) in [6.07, 6.45) is -0.450. The lowest BCUT2D eigenvalue weighted by atomic mass is 9.86. The first kappa shape index (κ1) is 13.1. The first-order chi connectivity index (χ1) is 8.17. The van der Waals surface area contributed by atoms with Gasteiger partial charge in [-0.3, -0.25) is 4.90 Å². The van der Waals surface area contributed by atoms with Crippen molar-refractivity contribution in [1.29, 1.82) is 0 Å². The molecule has 18 heavy (non-hydrogen) atoms. The zero-order valence-electron chi connectivity index (χ0n) is 10.8. The lowest BCUT2D eigenvalue weighted by Crippen LogP contribution is -2.52. The van der Waals surface area contributed by atoms with Crippen molar-refractivity contribution in [3.63, 3.8) is 0 Å². The van der Waals surface area contributed by atoms with Crippen molar-refractivity contribution < 1.29 is 24.5 Å². The highest BCUT2D eigenvalue weighted by molar-refractivity contribution is 5.86. The second kappa shape index (κ2) is 3.85. The molecule has 102 valence electrons. The van der Waals surface area contributed by atoms with E-state index in [1.165, 1.54) is 4.90 Å². The van der Waals surface area contributed by atoms with E-state index in [2.05, 4.69) is 0 Å².